The lowest BCUT2D eigenvalue weighted by Gasteiger charge is -2.43. The van der Waals surface area contributed by atoms with Crippen molar-refractivity contribution in [2.45, 2.75) is 51.1 Å². The number of benzene rings is 1. The van der Waals surface area contributed by atoms with Crippen LogP contribution >= 0.6 is 0 Å². The molecule has 0 spiro atoms. The Labute approximate surface area is 182 Å². The van der Waals surface area contributed by atoms with Crippen LogP contribution in [0.15, 0.2) is 41.2 Å². The Morgan fingerprint density at radius 2 is 1.90 bits per heavy atom. The summed E-state index contributed by atoms with van der Waals surface area (Å²) in [6.07, 6.45) is 4.43. The van der Waals surface area contributed by atoms with Gasteiger partial charge in [-0.25, -0.2) is 4.39 Å². The molecule has 4 heterocycles. The van der Waals surface area contributed by atoms with Crippen molar-refractivity contribution in [1.29, 1.82) is 0 Å². The number of halogens is 1. The standard InChI is InChI=1S/C25H30FN3O2/c26-22-5-3-4-18(13-22)6-9-24(30)28-14-19-12-21(17-28)23-8-7-20(25(31)29(23)15-19)16-27-10-1-2-11-27/h3-5,7-8,13,19,21H,1-2,6,9-12,14-17H2/t19-,21+/m0/s1. The van der Waals surface area contributed by atoms with Crippen molar-refractivity contribution in [3.8, 4) is 0 Å². The Morgan fingerprint density at radius 1 is 1.06 bits per heavy atom. The first-order valence-corrected chi connectivity index (χ1v) is 11.5. The van der Waals surface area contributed by atoms with Crippen molar-refractivity contribution in [2.24, 2.45) is 5.92 Å². The third-order valence-electron chi connectivity index (χ3n) is 7.14. The summed E-state index contributed by atoms with van der Waals surface area (Å²) in [5.74, 6) is 0.410. The quantitative estimate of drug-likeness (QED) is 0.742. The van der Waals surface area contributed by atoms with Gasteiger partial charge in [-0.15, -0.1) is 0 Å². The highest BCUT2D eigenvalue weighted by molar-refractivity contribution is 5.76. The van der Waals surface area contributed by atoms with Crippen LogP contribution in [-0.4, -0.2) is 46.5 Å². The van der Waals surface area contributed by atoms with Gasteiger partial charge in [-0.1, -0.05) is 18.2 Å². The van der Waals surface area contributed by atoms with Gasteiger partial charge in [0.2, 0.25) is 5.91 Å². The molecule has 0 unspecified atom stereocenters. The van der Waals surface area contributed by atoms with Gasteiger partial charge in [0, 0.05) is 49.8 Å². The molecule has 3 aliphatic heterocycles. The molecule has 0 aliphatic carbocycles. The smallest absolute Gasteiger partial charge is 0.255 e. The first-order valence-electron chi connectivity index (χ1n) is 11.5. The molecular formula is C25H30FN3O2. The normalized spacial score (nSPS) is 23.1. The average molecular weight is 424 g/mol. The molecule has 1 aromatic heterocycles. The van der Waals surface area contributed by atoms with E-state index in [0.29, 0.717) is 38.4 Å². The molecule has 2 fully saturated rings. The van der Waals surface area contributed by atoms with Crippen molar-refractivity contribution in [3.63, 3.8) is 0 Å². The number of hydrogen-bond acceptors (Lipinski definition) is 3. The molecule has 6 heteroatoms. The molecule has 0 saturated carbocycles. The second-order valence-corrected chi connectivity index (χ2v) is 9.41. The third kappa shape index (κ3) is 4.31. The second-order valence-electron chi connectivity index (χ2n) is 9.41. The van der Waals surface area contributed by atoms with Crippen LogP contribution in [0.4, 0.5) is 4.39 Å². The van der Waals surface area contributed by atoms with Crippen LogP contribution in [0.2, 0.25) is 0 Å². The number of amides is 1. The van der Waals surface area contributed by atoms with E-state index in [1.807, 2.05) is 21.6 Å². The molecule has 2 atom stereocenters. The first kappa shape index (κ1) is 20.4. The summed E-state index contributed by atoms with van der Waals surface area (Å²) in [6.45, 7) is 4.99. The number of fused-ring (bicyclic) bond motifs is 4. The lowest BCUT2D eigenvalue weighted by molar-refractivity contribution is -0.133. The number of piperidine rings is 1. The Kier molecular flexibility index (Phi) is 5.65. The van der Waals surface area contributed by atoms with Gasteiger partial charge in [-0.2, -0.15) is 0 Å². The van der Waals surface area contributed by atoms with E-state index in [1.54, 1.807) is 6.07 Å². The summed E-state index contributed by atoms with van der Waals surface area (Å²) in [5, 5.41) is 0. The third-order valence-corrected chi connectivity index (χ3v) is 7.14. The molecule has 5 rings (SSSR count). The van der Waals surface area contributed by atoms with Gasteiger partial charge in [0.1, 0.15) is 5.82 Å². The highest BCUT2D eigenvalue weighted by atomic mass is 19.1. The molecule has 3 aliphatic rings. The van der Waals surface area contributed by atoms with Crippen molar-refractivity contribution in [3.05, 3.63) is 69.4 Å². The fraction of sp³-hybridized carbons (Fsp3) is 0.520. The highest BCUT2D eigenvalue weighted by Gasteiger charge is 2.36. The van der Waals surface area contributed by atoms with E-state index in [-0.39, 0.29) is 23.2 Å². The molecule has 5 nitrogen and oxygen atoms in total. The molecule has 2 saturated heterocycles. The summed E-state index contributed by atoms with van der Waals surface area (Å²) in [6, 6.07) is 10.6. The lowest BCUT2D eigenvalue weighted by Crippen LogP contribution is -2.49. The van der Waals surface area contributed by atoms with Crippen LogP contribution in [0.25, 0.3) is 0 Å². The first-order chi connectivity index (χ1) is 15.1. The molecule has 1 amide bonds. The summed E-state index contributed by atoms with van der Waals surface area (Å²) < 4.78 is 15.4. The van der Waals surface area contributed by atoms with Gasteiger partial charge in [0.25, 0.3) is 5.56 Å². The van der Waals surface area contributed by atoms with Gasteiger partial charge in [-0.05, 0) is 68.5 Å². The van der Waals surface area contributed by atoms with Crippen LogP contribution in [0.3, 0.4) is 0 Å². The molecule has 2 bridgehead atoms. The molecule has 31 heavy (non-hydrogen) atoms. The van der Waals surface area contributed by atoms with Crippen LogP contribution in [0.5, 0.6) is 0 Å². The molecule has 2 aromatic rings. The zero-order valence-corrected chi connectivity index (χ0v) is 17.9. The van der Waals surface area contributed by atoms with Crippen molar-refractivity contribution < 1.29 is 9.18 Å². The predicted molar refractivity (Wildman–Crippen MR) is 117 cm³/mol. The minimum absolute atomic E-state index is 0.125. The SMILES string of the molecule is O=C(CCc1cccc(F)c1)N1C[C@@H]2C[C@H](C1)c1ccc(CN3CCCC3)c(=O)n1C2. The Hall–Kier alpha value is -2.47. The van der Waals surface area contributed by atoms with E-state index in [0.717, 1.165) is 42.9 Å². The molecule has 0 radical (unpaired) electrons. The fourth-order valence-corrected chi connectivity index (χ4v) is 5.60. The molecular weight excluding hydrogens is 393 g/mol. The van der Waals surface area contributed by atoms with Crippen molar-refractivity contribution in [2.75, 3.05) is 26.2 Å². The molecule has 0 N–H and O–H groups in total. The predicted octanol–water partition coefficient (Wildman–Crippen LogP) is 3.16. The van der Waals surface area contributed by atoms with Crippen molar-refractivity contribution in [1.82, 2.24) is 14.4 Å². The van der Waals surface area contributed by atoms with Crippen LogP contribution < -0.4 is 5.56 Å². The number of rotatable bonds is 5. The topological polar surface area (TPSA) is 45.6 Å². The largest absolute Gasteiger partial charge is 0.342 e. The van der Waals surface area contributed by atoms with Gasteiger partial charge in [0.15, 0.2) is 0 Å². The summed E-state index contributed by atoms with van der Waals surface area (Å²) >= 11 is 0. The van der Waals surface area contributed by atoms with E-state index in [2.05, 4.69) is 11.0 Å². The monoisotopic (exact) mass is 423 g/mol. The maximum absolute atomic E-state index is 13.4. The van der Waals surface area contributed by atoms with Gasteiger partial charge in [-0.3, -0.25) is 14.5 Å². The second kappa shape index (κ2) is 8.58. The Morgan fingerprint density at radius 3 is 2.71 bits per heavy atom. The molecule has 1 aromatic carbocycles. The minimum Gasteiger partial charge on any atom is -0.342 e. The van der Waals surface area contributed by atoms with Crippen LogP contribution in [-0.2, 0) is 24.3 Å². The minimum atomic E-state index is -0.261. The molecule has 164 valence electrons. The summed E-state index contributed by atoms with van der Waals surface area (Å²) in [4.78, 5) is 30.4. The zero-order chi connectivity index (χ0) is 21.4. The fourth-order valence-electron chi connectivity index (χ4n) is 5.60. The van der Waals surface area contributed by atoms with E-state index in [4.69, 9.17) is 0 Å². The zero-order valence-electron chi connectivity index (χ0n) is 17.9. The van der Waals surface area contributed by atoms with Crippen LogP contribution in [0, 0.1) is 11.7 Å². The summed E-state index contributed by atoms with van der Waals surface area (Å²) in [7, 11) is 0. The van der Waals surface area contributed by atoms with E-state index in [1.165, 1.54) is 25.0 Å². The number of hydrogen-bond donors (Lipinski definition) is 0. The van der Waals surface area contributed by atoms with Gasteiger partial charge in [0.05, 0.1) is 0 Å². The number of pyridine rings is 1. The number of carbonyl (C=O) groups is 1. The Balaban J connectivity index is 1.27. The maximum atomic E-state index is 13.4. The van der Waals surface area contributed by atoms with Gasteiger partial charge >= 0.3 is 0 Å². The van der Waals surface area contributed by atoms with E-state index >= 15 is 0 Å². The van der Waals surface area contributed by atoms with E-state index < -0.39 is 0 Å². The summed E-state index contributed by atoms with van der Waals surface area (Å²) in [5.41, 5.74) is 2.99. The Bertz CT molecular complexity index is 1030. The van der Waals surface area contributed by atoms with Crippen molar-refractivity contribution >= 4 is 5.91 Å². The number of aryl methyl sites for hydroxylation is 1. The number of aromatic nitrogens is 1. The van der Waals surface area contributed by atoms with Crippen LogP contribution in [0.1, 0.15) is 48.4 Å². The highest BCUT2D eigenvalue weighted by Crippen LogP contribution is 2.35. The van der Waals surface area contributed by atoms with E-state index in [9.17, 15) is 14.0 Å². The number of likely N-dealkylation sites (tertiary alicyclic amines) is 2. The maximum Gasteiger partial charge on any atom is 0.255 e. The average Bonchev–Trinajstić information content (AvgIpc) is 3.27. The lowest BCUT2D eigenvalue weighted by atomic mass is 9.82. The van der Waals surface area contributed by atoms with Gasteiger partial charge < -0.3 is 9.47 Å². The number of carbonyl (C=O) groups excluding carboxylic acids is 1. The number of nitrogens with zero attached hydrogens (tertiary/aromatic N) is 3.